The van der Waals surface area contributed by atoms with E-state index in [1.165, 1.54) is 48.8 Å². The summed E-state index contributed by atoms with van der Waals surface area (Å²) in [6, 6.07) is 8.24. The largest absolute Gasteiger partial charge is 0.373 e. The van der Waals surface area contributed by atoms with E-state index in [0.717, 1.165) is 0 Å². The minimum atomic E-state index is -1.77. The van der Waals surface area contributed by atoms with Crippen molar-refractivity contribution in [1.82, 2.24) is 4.98 Å². The molecule has 3 nitrogen and oxygen atoms in total. The Labute approximate surface area is 97.6 Å². The number of rotatable bonds is 3. The second kappa shape index (κ2) is 4.43. The molecule has 0 aliphatic heterocycles. The van der Waals surface area contributed by atoms with Gasteiger partial charge in [-0.15, -0.1) is 0 Å². The first kappa shape index (κ1) is 11.4. The number of pyridine rings is 1. The molecule has 1 unspecified atom stereocenters. The van der Waals surface area contributed by atoms with E-state index in [1.54, 1.807) is 0 Å². The molecule has 0 saturated heterocycles. The molecular formula is C13H10FNO2. The average Bonchev–Trinajstić information content (AvgIpc) is 2.40. The van der Waals surface area contributed by atoms with Crippen LogP contribution in [0.4, 0.5) is 4.39 Å². The Kier molecular flexibility index (Phi) is 2.97. The highest BCUT2D eigenvalue weighted by atomic mass is 19.1. The maximum absolute atomic E-state index is 12.8. The third kappa shape index (κ3) is 2.07. The van der Waals surface area contributed by atoms with Gasteiger partial charge in [0.25, 0.3) is 0 Å². The van der Waals surface area contributed by atoms with E-state index in [-0.39, 0.29) is 0 Å². The number of carbonyl (C=O) groups excluding carboxylic acids is 1. The normalized spacial score (nSPS) is 14.0. The van der Waals surface area contributed by atoms with Crippen molar-refractivity contribution in [1.29, 1.82) is 0 Å². The van der Waals surface area contributed by atoms with E-state index >= 15 is 0 Å². The maximum atomic E-state index is 12.8. The summed E-state index contributed by atoms with van der Waals surface area (Å²) in [6.45, 7) is 0. The molecule has 2 aromatic rings. The fraction of sp³-hybridized carbons (Fsp3) is 0.0769. The Morgan fingerprint density at radius 3 is 2.12 bits per heavy atom. The molecule has 1 aromatic carbocycles. The van der Waals surface area contributed by atoms with Crippen LogP contribution in [0.15, 0.2) is 48.8 Å². The first-order valence-corrected chi connectivity index (χ1v) is 5.02. The molecule has 1 N–H and O–H groups in total. The van der Waals surface area contributed by atoms with Gasteiger partial charge in [-0.25, -0.2) is 4.39 Å². The predicted octanol–water partition coefficient (Wildman–Crippen LogP) is 1.66. The predicted molar refractivity (Wildman–Crippen MR) is 59.7 cm³/mol. The summed E-state index contributed by atoms with van der Waals surface area (Å²) in [5.74, 6) is -0.420. The molecular weight excluding hydrogens is 221 g/mol. The minimum Gasteiger partial charge on any atom is -0.373 e. The number of aliphatic hydroxyl groups is 1. The van der Waals surface area contributed by atoms with Crippen LogP contribution in [0, 0.1) is 5.82 Å². The second-order valence-corrected chi connectivity index (χ2v) is 3.63. The molecule has 1 aromatic heterocycles. The molecule has 0 aliphatic rings. The lowest BCUT2D eigenvalue weighted by Crippen LogP contribution is -2.29. The molecule has 2 rings (SSSR count). The quantitative estimate of drug-likeness (QED) is 0.817. The highest BCUT2D eigenvalue weighted by Crippen LogP contribution is 2.27. The Morgan fingerprint density at radius 1 is 1.06 bits per heavy atom. The fourth-order valence-electron chi connectivity index (χ4n) is 1.61. The summed E-state index contributed by atoms with van der Waals surface area (Å²) >= 11 is 0. The Bertz CT molecular complexity index is 513. The highest BCUT2D eigenvalue weighted by molar-refractivity contribution is 5.71. The zero-order valence-electron chi connectivity index (χ0n) is 8.88. The van der Waals surface area contributed by atoms with Gasteiger partial charge in [-0.2, -0.15) is 0 Å². The van der Waals surface area contributed by atoms with Crippen LogP contribution < -0.4 is 0 Å². The molecule has 4 heteroatoms. The van der Waals surface area contributed by atoms with E-state index in [4.69, 9.17) is 0 Å². The number of carbonyl (C=O) groups is 1. The van der Waals surface area contributed by atoms with Crippen LogP contribution in [0.25, 0.3) is 0 Å². The molecule has 0 radical (unpaired) electrons. The van der Waals surface area contributed by atoms with Crippen LogP contribution in [0.3, 0.4) is 0 Å². The monoisotopic (exact) mass is 231 g/mol. The van der Waals surface area contributed by atoms with Gasteiger partial charge >= 0.3 is 0 Å². The number of aldehydes is 1. The van der Waals surface area contributed by atoms with E-state index in [1.807, 2.05) is 0 Å². The van der Waals surface area contributed by atoms with Crippen LogP contribution >= 0.6 is 0 Å². The summed E-state index contributed by atoms with van der Waals surface area (Å²) in [5.41, 5.74) is -1.05. The smallest absolute Gasteiger partial charge is 0.170 e. The summed E-state index contributed by atoms with van der Waals surface area (Å²) in [7, 11) is 0. The van der Waals surface area contributed by atoms with Crippen molar-refractivity contribution < 1.29 is 14.3 Å². The molecule has 0 saturated carbocycles. The van der Waals surface area contributed by atoms with Crippen molar-refractivity contribution in [2.75, 3.05) is 0 Å². The molecule has 0 aliphatic carbocycles. The van der Waals surface area contributed by atoms with Gasteiger partial charge in [-0.05, 0) is 35.4 Å². The van der Waals surface area contributed by atoms with Crippen molar-refractivity contribution in [3.05, 3.63) is 65.7 Å². The minimum absolute atomic E-state index is 0.320. The Balaban J connectivity index is 2.51. The van der Waals surface area contributed by atoms with Gasteiger partial charge in [0.2, 0.25) is 0 Å². The number of benzene rings is 1. The zero-order chi connectivity index (χ0) is 12.3. The van der Waals surface area contributed by atoms with Gasteiger partial charge in [0.05, 0.1) is 0 Å². The fourth-order valence-corrected chi connectivity index (χ4v) is 1.61. The van der Waals surface area contributed by atoms with Crippen LogP contribution in [0.2, 0.25) is 0 Å². The summed E-state index contributed by atoms with van der Waals surface area (Å²) in [4.78, 5) is 15.0. The van der Waals surface area contributed by atoms with E-state index in [0.29, 0.717) is 17.4 Å². The van der Waals surface area contributed by atoms with E-state index < -0.39 is 11.4 Å². The van der Waals surface area contributed by atoms with Gasteiger partial charge in [0, 0.05) is 12.4 Å². The molecule has 17 heavy (non-hydrogen) atoms. The number of hydrogen-bond acceptors (Lipinski definition) is 3. The lowest BCUT2D eigenvalue weighted by Gasteiger charge is -2.22. The van der Waals surface area contributed by atoms with Gasteiger partial charge in [-0.3, -0.25) is 9.78 Å². The molecule has 0 amide bonds. The molecule has 86 valence electrons. The third-order valence-corrected chi connectivity index (χ3v) is 2.58. The lowest BCUT2D eigenvalue weighted by atomic mass is 9.88. The standard InChI is InChI=1S/C13H10FNO2/c14-12-3-1-10(2-4-12)13(17,9-16)11-5-7-15-8-6-11/h1-9,17H. The van der Waals surface area contributed by atoms with Gasteiger partial charge in [0.15, 0.2) is 11.9 Å². The van der Waals surface area contributed by atoms with Gasteiger partial charge < -0.3 is 5.11 Å². The lowest BCUT2D eigenvalue weighted by molar-refractivity contribution is -0.121. The van der Waals surface area contributed by atoms with Gasteiger partial charge in [-0.1, -0.05) is 12.1 Å². The molecule has 1 atom stereocenters. The van der Waals surface area contributed by atoms with Crippen molar-refractivity contribution in [3.8, 4) is 0 Å². The third-order valence-electron chi connectivity index (χ3n) is 2.58. The molecule has 0 spiro atoms. The molecule has 1 heterocycles. The Hall–Kier alpha value is -2.07. The van der Waals surface area contributed by atoms with Crippen molar-refractivity contribution in [3.63, 3.8) is 0 Å². The van der Waals surface area contributed by atoms with Crippen molar-refractivity contribution >= 4 is 6.29 Å². The first-order valence-electron chi connectivity index (χ1n) is 5.02. The second-order valence-electron chi connectivity index (χ2n) is 3.63. The van der Waals surface area contributed by atoms with Crippen molar-refractivity contribution in [2.45, 2.75) is 5.60 Å². The van der Waals surface area contributed by atoms with Crippen LogP contribution in [0.1, 0.15) is 11.1 Å². The van der Waals surface area contributed by atoms with Crippen LogP contribution in [0.5, 0.6) is 0 Å². The summed E-state index contributed by atoms with van der Waals surface area (Å²) in [6.07, 6.45) is 3.39. The van der Waals surface area contributed by atoms with E-state index in [2.05, 4.69) is 4.98 Å². The number of nitrogens with zero attached hydrogens (tertiary/aromatic N) is 1. The van der Waals surface area contributed by atoms with Crippen LogP contribution in [-0.2, 0) is 10.4 Å². The Morgan fingerprint density at radius 2 is 1.59 bits per heavy atom. The number of aromatic nitrogens is 1. The SMILES string of the molecule is O=CC(O)(c1ccncc1)c1ccc(F)cc1. The summed E-state index contributed by atoms with van der Waals surface area (Å²) in [5, 5.41) is 10.3. The number of hydrogen-bond donors (Lipinski definition) is 1. The van der Waals surface area contributed by atoms with Crippen molar-refractivity contribution in [2.24, 2.45) is 0 Å². The van der Waals surface area contributed by atoms with Gasteiger partial charge in [0.1, 0.15) is 5.82 Å². The maximum Gasteiger partial charge on any atom is 0.170 e. The zero-order valence-corrected chi connectivity index (χ0v) is 8.88. The molecule has 0 bridgehead atoms. The highest BCUT2D eigenvalue weighted by Gasteiger charge is 2.30. The average molecular weight is 231 g/mol. The number of halogens is 1. The van der Waals surface area contributed by atoms with E-state index in [9.17, 15) is 14.3 Å². The summed E-state index contributed by atoms with van der Waals surface area (Å²) < 4.78 is 12.8. The topological polar surface area (TPSA) is 50.2 Å². The molecule has 0 fully saturated rings. The van der Waals surface area contributed by atoms with Crippen LogP contribution in [-0.4, -0.2) is 16.4 Å². The first-order chi connectivity index (χ1) is 8.16.